The Balaban J connectivity index is 3.47. The third-order valence-corrected chi connectivity index (χ3v) is 3.98. The van der Waals surface area contributed by atoms with Gasteiger partial charge < -0.3 is 0 Å². The van der Waals surface area contributed by atoms with Crippen molar-refractivity contribution in [2.45, 2.75) is 55.6 Å². The summed E-state index contributed by atoms with van der Waals surface area (Å²) < 4.78 is 170. The third kappa shape index (κ3) is 3.72. The maximum absolute atomic E-state index is 14.0. The van der Waals surface area contributed by atoms with Gasteiger partial charge in [0.1, 0.15) is 0 Å². The first-order valence-corrected chi connectivity index (χ1v) is 7.79. The van der Waals surface area contributed by atoms with Crippen LogP contribution in [0.2, 0.25) is 0 Å². The van der Waals surface area contributed by atoms with Crippen LogP contribution in [-0.2, 0) is 5.92 Å². The highest BCUT2D eigenvalue weighted by atomic mass is 19.4. The summed E-state index contributed by atoms with van der Waals surface area (Å²) in [6.07, 6.45) is -7.29. The van der Waals surface area contributed by atoms with Crippen LogP contribution in [0.5, 0.6) is 0 Å². The lowest BCUT2D eigenvalue weighted by atomic mass is 9.90. The van der Waals surface area contributed by atoms with Crippen molar-refractivity contribution in [2.75, 3.05) is 0 Å². The first-order valence-electron chi connectivity index (χ1n) is 7.79. The van der Waals surface area contributed by atoms with E-state index in [1.165, 1.54) is 0 Å². The summed E-state index contributed by atoms with van der Waals surface area (Å²) in [5, 5.41) is 0. The van der Waals surface area contributed by atoms with Gasteiger partial charge in [-0.15, -0.1) is 0 Å². The molecule has 0 saturated carbocycles. The molecule has 0 aromatic heterocycles. The Hall–Kier alpha value is -2.02. The molecule has 1 aromatic carbocycles. The SMILES string of the molecule is CCCC(=O)c1ccc(C(F)(F)C(F)(F)C(F)(F)C(F)(F)C(F)(F)C(F)(F)F)cc1. The number of hydrogen-bond donors (Lipinski definition) is 0. The second kappa shape index (κ2) is 7.59. The van der Waals surface area contributed by atoms with Gasteiger partial charge in [0.25, 0.3) is 0 Å². The smallest absolute Gasteiger partial charge is 0.294 e. The minimum absolute atomic E-state index is 0.0348. The molecule has 172 valence electrons. The van der Waals surface area contributed by atoms with Gasteiger partial charge in [0.15, 0.2) is 5.78 Å². The van der Waals surface area contributed by atoms with E-state index in [4.69, 9.17) is 0 Å². The summed E-state index contributed by atoms with van der Waals surface area (Å²) in [5.74, 6) is -38.0. The van der Waals surface area contributed by atoms with Crippen LogP contribution in [0.15, 0.2) is 24.3 Å². The van der Waals surface area contributed by atoms with Crippen LogP contribution in [0, 0.1) is 0 Å². The zero-order valence-electron chi connectivity index (χ0n) is 14.5. The van der Waals surface area contributed by atoms with Crippen molar-refractivity contribution in [1.82, 2.24) is 0 Å². The molecule has 0 saturated heterocycles. The van der Waals surface area contributed by atoms with Gasteiger partial charge in [0, 0.05) is 17.5 Å². The van der Waals surface area contributed by atoms with E-state index >= 15 is 0 Å². The van der Waals surface area contributed by atoms with Crippen molar-refractivity contribution >= 4 is 5.78 Å². The number of halogens is 13. The standard InChI is InChI=1S/C16H11F13O/c1-2-3-10(30)8-4-6-9(7-5-8)11(17,18)12(19,20)13(21,22)14(23,24)15(25,26)16(27,28)29/h4-7H,2-3H2,1H3. The van der Waals surface area contributed by atoms with Crippen molar-refractivity contribution < 1.29 is 61.9 Å². The summed E-state index contributed by atoms with van der Waals surface area (Å²) in [7, 11) is 0. The van der Waals surface area contributed by atoms with Gasteiger partial charge in [-0.2, -0.15) is 57.1 Å². The van der Waals surface area contributed by atoms with Gasteiger partial charge in [0.05, 0.1) is 0 Å². The van der Waals surface area contributed by atoms with E-state index in [1.54, 1.807) is 6.92 Å². The van der Waals surface area contributed by atoms with Gasteiger partial charge in [0.2, 0.25) is 0 Å². The average Bonchev–Trinajstić information content (AvgIpc) is 2.60. The van der Waals surface area contributed by atoms with Gasteiger partial charge in [-0.1, -0.05) is 31.2 Å². The molecule has 0 heterocycles. The number of carbonyl (C=O) groups is 1. The van der Waals surface area contributed by atoms with Gasteiger partial charge in [-0.05, 0) is 6.42 Å². The van der Waals surface area contributed by atoms with Crippen LogP contribution < -0.4 is 0 Å². The predicted octanol–water partition coefficient (Wildman–Crippen LogP) is 6.86. The van der Waals surface area contributed by atoms with E-state index in [0.717, 1.165) is 0 Å². The van der Waals surface area contributed by atoms with Crippen LogP contribution in [0.25, 0.3) is 0 Å². The summed E-state index contributed by atoms with van der Waals surface area (Å²) in [6.45, 7) is 1.54. The molecule has 0 N–H and O–H groups in total. The zero-order chi connectivity index (χ0) is 24.0. The highest BCUT2D eigenvalue weighted by Crippen LogP contribution is 2.62. The predicted molar refractivity (Wildman–Crippen MR) is 75.4 cm³/mol. The molecule has 0 atom stereocenters. The van der Waals surface area contributed by atoms with E-state index in [0.29, 0.717) is 12.1 Å². The topological polar surface area (TPSA) is 17.1 Å². The second-order valence-corrected chi connectivity index (χ2v) is 6.12. The fourth-order valence-corrected chi connectivity index (χ4v) is 2.19. The highest BCUT2D eigenvalue weighted by molar-refractivity contribution is 5.96. The van der Waals surface area contributed by atoms with Gasteiger partial charge in [-0.25, -0.2) is 0 Å². The minimum Gasteiger partial charge on any atom is -0.294 e. The lowest BCUT2D eigenvalue weighted by Crippen LogP contribution is -2.69. The van der Waals surface area contributed by atoms with Crippen LogP contribution in [-0.4, -0.2) is 35.6 Å². The molecule has 1 aromatic rings. The number of ketones is 1. The Bertz CT molecular complexity index is 762. The second-order valence-electron chi connectivity index (χ2n) is 6.12. The first kappa shape index (κ1) is 26.0. The van der Waals surface area contributed by atoms with Crippen molar-refractivity contribution in [1.29, 1.82) is 0 Å². The maximum atomic E-state index is 14.0. The molecule has 1 nitrogen and oxygen atoms in total. The average molecular weight is 466 g/mol. The molecule has 14 heteroatoms. The van der Waals surface area contributed by atoms with Crippen molar-refractivity contribution in [3.8, 4) is 0 Å². The van der Waals surface area contributed by atoms with Crippen molar-refractivity contribution in [3.05, 3.63) is 35.4 Å². The third-order valence-electron chi connectivity index (χ3n) is 3.98. The Morgan fingerprint density at radius 3 is 1.43 bits per heavy atom. The molecule has 0 aliphatic heterocycles. The number of carbonyl (C=O) groups excluding carboxylic acids is 1. The van der Waals surface area contributed by atoms with Crippen LogP contribution in [0.3, 0.4) is 0 Å². The van der Waals surface area contributed by atoms with Crippen LogP contribution in [0.4, 0.5) is 57.1 Å². The quantitative estimate of drug-likeness (QED) is 0.302. The number of hydrogen-bond acceptors (Lipinski definition) is 1. The number of alkyl halides is 13. The molecular weight excluding hydrogens is 455 g/mol. The Morgan fingerprint density at radius 2 is 1.07 bits per heavy atom. The lowest BCUT2D eigenvalue weighted by Gasteiger charge is -2.39. The first-order chi connectivity index (χ1) is 13.2. The summed E-state index contributed by atoms with van der Waals surface area (Å²) in [6, 6.07) is 0.843. The summed E-state index contributed by atoms with van der Waals surface area (Å²) in [4.78, 5) is 11.6. The highest BCUT2D eigenvalue weighted by Gasteiger charge is 2.90. The monoisotopic (exact) mass is 466 g/mol. The summed E-state index contributed by atoms with van der Waals surface area (Å²) in [5.41, 5.74) is -2.47. The molecule has 0 unspecified atom stereocenters. The van der Waals surface area contributed by atoms with E-state index in [1.807, 2.05) is 0 Å². The van der Waals surface area contributed by atoms with Crippen LogP contribution in [0.1, 0.15) is 35.7 Å². The molecule has 30 heavy (non-hydrogen) atoms. The lowest BCUT2D eigenvalue weighted by molar-refractivity contribution is -0.441. The molecular formula is C16H11F13O. The van der Waals surface area contributed by atoms with E-state index in [-0.39, 0.29) is 30.5 Å². The fourth-order valence-electron chi connectivity index (χ4n) is 2.19. The molecule has 0 fully saturated rings. The molecule has 0 spiro atoms. The molecule has 0 amide bonds. The normalized spacial score (nSPS) is 14.7. The van der Waals surface area contributed by atoms with Gasteiger partial charge in [-0.3, -0.25) is 4.79 Å². The number of benzene rings is 1. The van der Waals surface area contributed by atoms with E-state index < -0.39 is 47.1 Å². The molecule has 0 aliphatic rings. The molecule has 0 aliphatic carbocycles. The maximum Gasteiger partial charge on any atom is 0.460 e. The Kier molecular flexibility index (Phi) is 6.58. The number of Topliss-reactive ketones (excluding diaryl/α,β-unsaturated/α-hetero) is 1. The van der Waals surface area contributed by atoms with Crippen LogP contribution >= 0.6 is 0 Å². The van der Waals surface area contributed by atoms with Crippen molar-refractivity contribution in [3.63, 3.8) is 0 Å². The Labute approximate surface area is 159 Å². The molecule has 1 rings (SSSR count). The minimum atomic E-state index is -7.94. The largest absolute Gasteiger partial charge is 0.460 e. The molecule has 0 radical (unpaired) electrons. The Morgan fingerprint density at radius 1 is 0.667 bits per heavy atom. The van der Waals surface area contributed by atoms with E-state index in [9.17, 15) is 61.9 Å². The zero-order valence-corrected chi connectivity index (χ0v) is 14.5. The number of rotatable bonds is 8. The summed E-state index contributed by atoms with van der Waals surface area (Å²) >= 11 is 0. The fraction of sp³-hybridized carbons (Fsp3) is 0.562. The van der Waals surface area contributed by atoms with E-state index in [2.05, 4.69) is 0 Å². The molecule has 0 bridgehead atoms. The van der Waals surface area contributed by atoms with Crippen molar-refractivity contribution in [2.24, 2.45) is 0 Å². The van der Waals surface area contributed by atoms with Gasteiger partial charge >= 0.3 is 35.8 Å².